The number of halogens is 1. The number of carbonyl (C=O) groups excluding carboxylic acids is 1. The fraction of sp³-hybridized carbons (Fsp3) is 0.273. The average molecular weight is 298 g/mol. The molecule has 0 aliphatic carbocycles. The lowest BCUT2D eigenvalue weighted by atomic mass is 10.2. The van der Waals surface area contributed by atoms with Crippen LogP contribution >= 0.6 is 15.9 Å². The van der Waals surface area contributed by atoms with Gasteiger partial charge < -0.3 is 15.3 Å². The summed E-state index contributed by atoms with van der Waals surface area (Å²) < 4.78 is 0.740. The number of nitrogens with one attached hydrogen (secondary N) is 3. The molecule has 0 radical (unpaired) electrons. The van der Waals surface area contributed by atoms with Crippen LogP contribution in [-0.4, -0.2) is 15.9 Å². The minimum absolute atomic E-state index is 0.0366. The van der Waals surface area contributed by atoms with Crippen molar-refractivity contribution in [3.05, 3.63) is 27.1 Å². The maximum atomic E-state index is 11.5. The summed E-state index contributed by atoms with van der Waals surface area (Å²) in [5, 5.41) is 2.79. The van der Waals surface area contributed by atoms with Gasteiger partial charge in [-0.05, 0) is 34.5 Å². The third kappa shape index (κ3) is 2.58. The molecular formula is C11H12BrN3O2. The monoisotopic (exact) mass is 297 g/mol. The number of fused-ring (bicyclic) bond motifs is 1. The molecule has 0 aliphatic heterocycles. The Balaban J connectivity index is 2.36. The van der Waals surface area contributed by atoms with E-state index >= 15 is 0 Å². The molecule has 1 aromatic carbocycles. The van der Waals surface area contributed by atoms with E-state index in [1.807, 2.05) is 6.92 Å². The molecule has 2 rings (SSSR count). The summed E-state index contributed by atoms with van der Waals surface area (Å²) in [4.78, 5) is 27.9. The summed E-state index contributed by atoms with van der Waals surface area (Å²) in [6.07, 6.45) is 1.28. The maximum Gasteiger partial charge on any atom is 0.323 e. The highest BCUT2D eigenvalue weighted by Gasteiger charge is 2.08. The Morgan fingerprint density at radius 2 is 2.00 bits per heavy atom. The topological polar surface area (TPSA) is 77.8 Å². The number of aromatic nitrogens is 2. The van der Waals surface area contributed by atoms with E-state index in [0.717, 1.165) is 10.9 Å². The highest BCUT2D eigenvalue weighted by molar-refractivity contribution is 9.10. The smallest absolute Gasteiger partial charge is 0.323 e. The van der Waals surface area contributed by atoms with Crippen molar-refractivity contribution in [2.75, 3.05) is 5.32 Å². The molecule has 1 aromatic heterocycles. The lowest BCUT2D eigenvalue weighted by Gasteiger charge is -2.06. The van der Waals surface area contributed by atoms with Crippen molar-refractivity contribution >= 4 is 38.6 Å². The van der Waals surface area contributed by atoms with E-state index in [0.29, 0.717) is 23.1 Å². The summed E-state index contributed by atoms with van der Waals surface area (Å²) >= 11 is 3.36. The Morgan fingerprint density at radius 3 is 2.65 bits per heavy atom. The number of aromatic amines is 2. The van der Waals surface area contributed by atoms with Gasteiger partial charge >= 0.3 is 5.69 Å². The van der Waals surface area contributed by atoms with Gasteiger partial charge in [-0.1, -0.05) is 6.92 Å². The first-order valence-electron chi connectivity index (χ1n) is 5.31. The van der Waals surface area contributed by atoms with Gasteiger partial charge in [0.15, 0.2) is 0 Å². The van der Waals surface area contributed by atoms with Gasteiger partial charge in [0.25, 0.3) is 0 Å². The fourth-order valence-corrected chi connectivity index (χ4v) is 2.03. The van der Waals surface area contributed by atoms with E-state index in [-0.39, 0.29) is 11.6 Å². The second kappa shape index (κ2) is 4.75. The average Bonchev–Trinajstić information content (AvgIpc) is 2.58. The van der Waals surface area contributed by atoms with E-state index in [2.05, 4.69) is 31.2 Å². The first-order valence-corrected chi connectivity index (χ1v) is 6.11. The van der Waals surface area contributed by atoms with Crippen LogP contribution in [0.3, 0.4) is 0 Å². The van der Waals surface area contributed by atoms with Crippen LogP contribution in [0.4, 0.5) is 5.69 Å². The van der Waals surface area contributed by atoms with Gasteiger partial charge in [-0.25, -0.2) is 4.79 Å². The minimum atomic E-state index is -0.260. The molecule has 0 unspecified atom stereocenters. The van der Waals surface area contributed by atoms with Crippen LogP contribution in [0.25, 0.3) is 11.0 Å². The van der Waals surface area contributed by atoms with E-state index in [1.54, 1.807) is 12.1 Å². The summed E-state index contributed by atoms with van der Waals surface area (Å²) in [5.41, 5.74) is 1.77. The normalized spacial score (nSPS) is 10.7. The molecule has 0 atom stereocenters. The van der Waals surface area contributed by atoms with Crippen LogP contribution in [0.2, 0.25) is 0 Å². The van der Waals surface area contributed by atoms with Crippen molar-refractivity contribution in [1.29, 1.82) is 0 Å². The van der Waals surface area contributed by atoms with Gasteiger partial charge in [-0.3, -0.25) is 4.79 Å². The Hall–Kier alpha value is -1.56. The van der Waals surface area contributed by atoms with Crippen molar-refractivity contribution in [2.45, 2.75) is 19.8 Å². The van der Waals surface area contributed by atoms with Crippen LogP contribution in [0.5, 0.6) is 0 Å². The lowest BCUT2D eigenvalue weighted by molar-refractivity contribution is -0.116. The van der Waals surface area contributed by atoms with Crippen molar-refractivity contribution in [3.8, 4) is 0 Å². The van der Waals surface area contributed by atoms with Crippen LogP contribution in [0.1, 0.15) is 19.8 Å². The summed E-state index contributed by atoms with van der Waals surface area (Å²) in [5.74, 6) is -0.0366. The third-order valence-corrected chi connectivity index (χ3v) is 3.01. The minimum Gasteiger partial charge on any atom is -0.325 e. The molecule has 0 bridgehead atoms. The number of hydrogen-bond acceptors (Lipinski definition) is 2. The van der Waals surface area contributed by atoms with Crippen LogP contribution < -0.4 is 11.0 Å². The van der Waals surface area contributed by atoms with Crippen LogP contribution in [0, 0.1) is 0 Å². The molecule has 0 saturated carbocycles. The Kier molecular flexibility index (Phi) is 3.33. The highest BCUT2D eigenvalue weighted by atomic mass is 79.9. The molecule has 0 aliphatic rings. The highest BCUT2D eigenvalue weighted by Crippen LogP contribution is 2.26. The fourth-order valence-electron chi connectivity index (χ4n) is 1.59. The van der Waals surface area contributed by atoms with Crippen LogP contribution in [0.15, 0.2) is 21.4 Å². The third-order valence-electron chi connectivity index (χ3n) is 2.35. The Bertz CT molecular complexity index is 615. The van der Waals surface area contributed by atoms with Gasteiger partial charge in [0, 0.05) is 10.9 Å². The summed E-state index contributed by atoms with van der Waals surface area (Å²) in [6.45, 7) is 1.95. The number of H-pyrrole nitrogens is 2. The van der Waals surface area contributed by atoms with Crippen molar-refractivity contribution in [1.82, 2.24) is 9.97 Å². The van der Waals surface area contributed by atoms with E-state index in [9.17, 15) is 9.59 Å². The number of hydrogen-bond donors (Lipinski definition) is 3. The zero-order valence-electron chi connectivity index (χ0n) is 9.26. The van der Waals surface area contributed by atoms with Gasteiger partial charge in [0.2, 0.25) is 5.91 Å². The Morgan fingerprint density at radius 1 is 1.35 bits per heavy atom. The molecule has 0 fully saturated rings. The molecule has 2 aromatic rings. The number of carbonyl (C=O) groups is 1. The van der Waals surface area contributed by atoms with Crippen molar-refractivity contribution < 1.29 is 4.79 Å². The molecule has 5 nitrogen and oxygen atoms in total. The summed E-state index contributed by atoms with van der Waals surface area (Å²) in [7, 11) is 0. The van der Waals surface area contributed by atoms with Crippen LogP contribution in [-0.2, 0) is 4.79 Å². The molecule has 6 heteroatoms. The van der Waals surface area contributed by atoms with E-state index < -0.39 is 0 Å². The quantitative estimate of drug-likeness (QED) is 0.813. The van der Waals surface area contributed by atoms with E-state index in [1.165, 1.54) is 0 Å². The van der Waals surface area contributed by atoms with Gasteiger partial charge in [-0.15, -0.1) is 0 Å². The van der Waals surface area contributed by atoms with Crippen molar-refractivity contribution in [3.63, 3.8) is 0 Å². The van der Waals surface area contributed by atoms with Gasteiger partial charge in [-0.2, -0.15) is 0 Å². The van der Waals surface area contributed by atoms with Crippen molar-refractivity contribution in [2.24, 2.45) is 0 Å². The molecule has 17 heavy (non-hydrogen) atoms. The molecule has 1 amide bonds. The second-order valence-electron chi connectivity index (χ2n) is 3.75. The zero-order chi connectivity index (χ0) is 12.4. The first kappa shape index (κ1) is 11.9. The number of anilines is 1. The van der Waals surface area contributed by atoms with Gasteiger partial charge in [0.1, 0.15) is 0 Å². The lowest BCUT2D eigenvalue weighted by Crippen LogP contribution is -2.10. The molecule has 3 N–H and O–H groups in total. The Labute approximate surface area is 106 Å². The van der Waals surface area contributed by atoms with E-state index in [4.69, 9.17) is 0 Å². The predicted octanol–water partition coefficient (Wildman–Crippen LogP) is 2.36. The molecule has 0 saturated heterocycles. The second-order valence-corrected chi connectivity index (χ2v) is 4.61. The zero-order valence-corrected chi connectivity index (χ0v) is 10.8. The van der Waals surface area contributed by atoms with Gasteiger partial charge in [0.05, 0.1) is 16.7 Å². The maximum absolute atomic E-state index is 11.5. The first-order chi connectivity index (χ1) is 8.10. The molecule has 0 spiro atoms. The number of benzene rings is 1. The molecule has 1 heterocycles. The summed E-state index contributed by atoms with van der Waals surface area (Å²) in [6, 6.07) is 3.49. The molecular weight excluding hydrogens is 286 g/mol. The molecule has 90 valence electrons. The standard InChI is InChI=1S/C11H12BrN3O2/c1-2-3-10(16)13-7-5-9-8(4-6(7)12)14-11(17)15-9/h4-5H,2-3H2,1H3,(H,13,16)(H2,14,15,17). The number of imidazole rings is 1. The predicted molar refractivity (Wildman–Crippen MR) is 70.2 cm³/mol. The largest absolute Gasteiger partial charge is 0.325 e. The SMILES string of the molecule is CCCC(=O)Nc1cc2[nH]c(=O)[nH]c2cc1Br. The number of amides is 1. The number of rotatable bonds is 3.